The van der Waals surface area contributed by atoms with Gasteiger partial charge in [0.25, 0.3) is 0 Å². The van der Waals surface area contributed by atoms with Crippen LogP contribution in [0.1, 0.15) is 15.9 Å². The minimum absolute atomic E-state index is 0.172. The molecule has 116 valence electrons. The molecule has 1 N–H and O–H groups in total. The monoisotopic (exact) mass is 316 g/mol. The van der Waals surface area contributed by atoms with E-state index in [1.54, 1.807) is 12.1 Å². The molecule has 0 atom stereocenters. The molecule has 0 unspecified atom stereocenters. The first-order chi connectivity index (χ1) is 11.0. The van der Waals surface area contributed by atoms with Crippen LogP contribution in [0.4, 0.5) is 8.78 Å². The van der Waals surface area contributed by atoms with E-state index in [0.29, 0.717) is 5.56 Å². The quantitative estimate of drug-likeness (QED) is 0.799. The van der Waals surface area contributed by atoms with Crippen LogP contribution in [0.2, 0.25) is 0 Å². The molecule has 0 amide bonds. The predicted molar refractivity (Wildman–Crippen MR) is 75.7 cm³/mol. The summed E-state index contributed by atoms with van der Waals surface area (Å²) in [5.74, 6) is -2.66. The van der Waals surface area contributed by atoms with Gasteiger partial charge in [0, 0.05) is 5.56 Å². The Morgan fingerprint density at radius 2 is 1.83 bits per heavy atom. The lowest BCUT2D eigenvalue weighted by Crippen LogP contribution is -2.05. The summed E-state index contributed by atoms with van der Waals surface area (Å²) in [7, 11) is 0. The minimum atomic E-state index is -1.01. The van der Waals surface area contributed by atoms with Crippen LogP contribution in [0.3, 0.4) is 0 Å². The Morgan fingerprint density at radius 3 is 2.48 bits per heavy atom. The standard InChI is InChI=1S/C15H10F2N4O2/c16-12-6-5-11(7-13(12)17)14-18-19-20-21(14)8-9-1-3-10(4-2-9)15(22)23/h1-7H,8H2,(H,22,23). The number of tetrazole rings is 1. The van der Waals surface area contributed by atoms with Gasteiger partial charge in [-0.15, -0.1) is 5.10 Å². The average molecular weight is 316 g/mol. The third kappa shape index (κ3) is 3.05. The number of carbonyl (C=O) groups is 1. The lowest BCUT2D eigenvalue weighted by Gasteiger charge is -2.06. The van der Waals surface area contributed by atoms with E-state index < -0.39 is 17.6 Å². The lowest BCUT2D eigenvalue weighted by molar-refractivity contribution is 0.0697. The van der Waals surface area contributed by atoms with Crippen molar-refractivity contribution in [2.45, 2.75) is 6.54 Å². The van der Waals surface area contributed by atoms with Gasteiger partial charge in [-0.05, 0) is 46.3 Å². The fourth-order valence-electron chi connectivity index (χ4n) is 2.08. The van der Waals surface area contributed by atoms with Crippen LogP contribution < -0.4 is 0 Å². The molecule has 23 heavy (non-hydrogen) atoms. The van der Waals surface area contributed by atoms with Gasteiger partial charge in [-0.3, -0.25) is 0 Å². The molecule has 6 nitrogen and oxygen atoms in total. The zero-order valence-corrected chi connectivity index (χ0v) is 11.6. The van der Waals surface area contributed by atoms with Gasteiger partial charge < -0.3 is 5.11 Å². The molecule has 0 saturated heterocycles. The highest BCUT2D eigenvalue weighted by Crippen LogP contribution is 2.19. The molecule has 2 aromatic carbocycles. The molecule has 0 radical (unpaired) electrons. The number of rotatable bonds is 4. The van der Waals surface area contributed by atoms with Crippen molar-refractivity contribution in [1.29, 1.82) is 0 Å². The van der Waals surface area contributed by atoms with Crippen LogP contribution in [0.5, 0.6) is 0 Å². The number of carboxylic acid groups (broad SMARTS) is 1. The van der Waals surface area contributed by atoms with E-state index in [1.807, 2.05) is 0 Å². The van der Waals surface area contributed by atoms with E-state index in [1.165, 1.54) is 22.9 Å². The second-order valence-electron chi connectivity index (χ2n) is 4.79. The maximum Gasteiger partial charge on any atom is 0.335 e. The summed E-state index contributed by atoms with van der Waals surface area (Å²) in [4.78, 5) is 10.8. The summed E-state index contributed by atoms with van der Waals surface area (Å²) in [6, 6.07) is 9.63. The normalized spacial score (nSPS) is 10.7. The fraction of sp³-hybridized carbons (Fsp3) is 0.0667. The fourth-order valence-corrected chi connectivity index (χ4v) is 2.08. The van der Waals surface area contributed by atoms with Gasteiger partial charge in [-0.1, -0.05) is 12.1 Å². The molecule has 3 aromatic rings. The van der Waals surface area contributed by atoms with Crippen LogP contribution in [0.25, 0.3) is 11.4 Å². The topological polar surface area (TPSA) is 80.9 Å². The number of carboxylic acids is 1. The van der Waals surface area contributed by atoms with Crippen molar-refractivity contribution >= 4 is 5.97 Å². The highest BCUT2D eigenvalue weighted by molar-refractivity contribution is 5.87. The zero-order chi connectivity index (χ0) is 16.4. The van der Waals surface area contributed by atoms with Crippen molar-refractivity contribution in [3.8, 4) is 11.4 Å². The van der Waals surface area contributed by atoms with E-state index in [2.05, 4.69) is 15.5 Å². The molecule has 0 aliphatic rings. The molecule has 0 spiro atoms. The van der Waals surface area contributed by atoms with Gasteiger partial charge >= 0.3 is 5.97 Å². The Bertz CT molecular complexity index is 862. The van der Waals surface area contributed by atoms with Gasteiger partial charge in [0.05, 0.1) is 12.1 Å². The van der Waals surface area contributed by atoms with Crippen molar-refractivity contribution < 1.29 is 18.7 Å². The first-order valence-electron chi connectivity index (χ1n) is 6.58. The molecule has 8 heteroatoms. The summed E-state index contributed by atoms with van der Waals surface area (Å²) in [5, 5.41) is 20.1. The molecule has 0 aliphatic heterocycles. The van der Waals surface area contributed by atoms with Gasteiger partial charge in [0.15, 0.2) is 17.5 Å². The molecular formula is C15H10F2N4O2. The number of aromatic nitrogens is 4. The average Bonchev–Trinajstić information content (AvgIpc) is 2.99. The molecule has 1 aromatic heterocycles. The van der Waals surface area contributed by atoms with Gasteiger partial charge in [-0.2, -0.15) is 0 Å². The van der Waals surface area contributed by atoms with E-state index in [0.717, 1.165) is 17.7 Å². The van der Waals surface area contributed by atoms with Gasteiger partial charge in [-0.25, -0.2) is 18.3 Å². The lowest BCUT2D eigenvalue weighted by atomic mass is 10.1. The van der Waals surface area contributed by atoms with Crippen LogP contribution in [0.15, 0.2) is 42.5 Å². The van der Waals surface area contributed by atoms with E-state index >= 15 is 0 Å². The Morgan fingerprint density at radius 1 is 1.09 bits per heavy atom. The predicted octanol–water partition coefficient (Wildman–Crippen LogP) is 2.36. The van der Waals surface area contributed by atoms with E-state index in [4.69, 9.17) is 5.11 Å². The van der Waals surface area contributed by atoms with Crippen molar-refractivity contribution in [3.05, 3.63) is 65.2 Å². The van der Waals surface area contributed by atoms with Crippen molar-refractivity contribution in [2.24, 2.45) is 0 Å². The highest BCUT2D eigenvalue weighted by Gasteiger charge is 2.12. The van der Waals surface area contributed by atoms with Gasteiger partial charge in [0.1, 0.15) is 0 Å². The number of nitrogens with zero attached hydrogens (tertiary/aromatic N) is 4. The van der Waals surface area contributed by atoms with Crippen molar-refractivity contribution in [1.82, 2.24) is 20.2 Å². The van der Waals surface area contributed by atoms with Crippen molar-refractivity contribution in [2.75, 3.05) is 0 Å². The SMILES string of the molecule is O=C(O)c1ccc(Cn2nnnc2-c2ccc(F)c(F)c2)cc1. The molecule has 0 fully saturated rings. The number of hydrogen-bond acceptors (Lipinski definition) is 4. The molecule has 0 aliphatic carbocycles. The highest BCUT2D eigenvalue weighted by atomic mass is 19.2. The summed E-state index contributed by atoms with van der Waals surface area (Å²) in [5.41, 5.74) is 1.29. The van der Waals surface area contributed by atoms with Crippen LogP contribution in [-0.2, 0) is 6.54 Å². The summed E-state index contributed by atoms with van der Waals surface area (Å²) < 4.78 is 27.8. The molecule has 3 rings (SSSR count). The Kier molecular flexibility index (Phi) is 3.80. The Labute approximate surface area is 129 Å². The summed E-state index contributed by atoms with van der Waals surface area (Å²) in [6.07, 6.45) is 0. The van der Waals surface area contributed by atoms with Crippen LogP contribution in [0, 0.1) is 11.6 Å². The third-order valence-corrected chi connectivity index (χ3v) is 3.24. The zero-order valence-electron chi connectivity index (χ0n) is 11.6. The summed E-state index contributed by atoms with van der Waals surface area (Å²) in [6.45, 7) is 0.265. The summed E-state index contributed by atoms with van der Waals surface area (Å²) >= 11 is 0. The minimum Gasteiger partial charge on any atom is -0.478 e. The van der Waals surface area contributed by atoms with E-state index in [9.17, 15) is 13.6 Å². The molecule has 0 saturated carbocycles. The van der Waals surface area contributed by atoms with Crippen LogP contribution in [-0.4, -0.2) is 31.3 Å². The number of aromatic carboxylic acids is 1. The number of benzene rings is 2. The maximum absolute atomic E-state index is 13.3. The second kappa shape index (κ2) is 5.91. The van der Waals surface area contributed by atoms with Crippen LogP contribution >= 0.6 is 0 Å². The Balaban J connectivity index is 1.88. The molecule has 1 heterocycles. The third-order valence-electron chi connectivity index (χ3n) is 3.24. The van der Waals surface area contributed by atoms with Gasteiger partial charge in [0.2, 0.25) is 0 Å². The smallest absolute Gasteiger partial charge is 0.335 e. The molecule has 0 bridgehead atoms. The van der Waals surface area contributed by atoms with E-state index in [-0.39, 0.29) is 17.9 Å². The number of halogens is 2. The number of hydrogen-bond donors (Lipinski definition) is 1. The maximum atomic E-state index is 13.3. The first kappa shape index (κ1) is 14.8. The Hall–Kier alpha value is -3.16. The van der Waals surface area contributed by atoms with Crippen molar-refractivity contribution in [3.63, 3.8) is 0 Å². The first-order valence-corrected chi connectivity index (χ1v) is 6.58. The second-order valence-corrected chi connectivity index (χ2v) is 4.79. The molecular weight excluding hydrogens is 306 g/mol. The largest absolute Gasteiger partial charge is 0.478 e.